The Balaban J connectivity index is 1.74. The molecular formula is C14H19FN4O3. The molecular weight excluding hydrogens is 291 g/mol. The van der Waals surface area contributed by atoms with Gasteiger partial charge >= 0.3 is 0 Å². The molecule has 1 aromatic rings. The number of halogens is 1. The predicted octanol–water partition coefficient (Wildman–Crippen LogP) is -0.526. The van der Waals surface area contributed by atoms with Crippen molar-refractivity contribution in [3.05, 3.63) is 24.5 Å². The molecule has 1 aliphatic rings. The number of pyridine rings is 1. The van der Waals surface area contributed by atoms with Crippen LogP contribution in [0.2, 0.25) is 0 Å². The molecule has 0 bridgehead atoms. The number of alkyl halides is 1. The van der Waals surface area contributed by atoms with Gasteiger partial charge in [-0.2, -0.15) is 0 Å². The minimum atomic E-state index is -1.01. The lowest BCUT2D eigenvalue weighted by Crippen LogP contribution is -2.44. The molecule has 0 aliphatic carbocycles. The van der Waals surface area contributed by atoms with E-state index < -0.39 is 12.1 Å². The first-order valence-electron chi connectivity index (χ1n) is 7.00. The molecule has 1 aromatic heterocycles. The molecule has 0 unspecified atom stereocenters. The Bertz CT molecular complexity index is 514. The third-order valence-electron chi connectivity index (χ3n) is 3.37. The van der Waals surface area contributed by atoms with Crippen molar-refractivity contribution < 1.29 is 18.7 Å². The number of hydrogen-bond donors (Lipinski definition) is 2. The van der Waals surface area contributed by atoms with E-state index in [1.54, 1.807) is 23.2 Å². The molecule has 2 atom stereocenters. The molecule has 7 nitrogen and oxygen atoms in total. The molecule has 0 saturated carbocycles. The van der Waals surface area contributed by atoms with E-state index in [0.29, 0.717) is 5.75 Å². The number of nitrogens with two attached hydrogens (primary N) is 1. The lowest BCUT2D eigenvalue weighted by atomic mass is 10.2. The van der Waals surface area contributed by atoms with Crippen LogP contribution in [0.15, 0.2) is 24.5 Å². The predicted molar refractivity (Wildman–Crippen MR) is 76.8 cm³/mol. The van der Waals surface area contributed by atoms with Crippen molar-refractivity contribution in [2.75, 3.05) is 26.2 Å². The Hall–Kier alpha value is -2.22. The average molecular weight is 310 g/mol. The summed E-state index contributed by atoms with van der Waals surface area (Å²) < 4.78 is 18.7. The maximum Gasteiger partial charge on any atom is 0.257 e. The van der Waals surface area contributed by atoms with Crippen LogP contribution in [-0.2, 0) is 9.59 Å². The number of carbonyl (C=O) groups excluding carboxylic acids is 2. The molecule has 1 fully saturated rings. The van der Waals surface area contributed by atoms with Crippen molar-refractivity contribution in [2.24, 2.45) is 5.73 Å². The van der Waals surface area contributed by atoms with Gasteiger partial charge in [0, 0.05) is 25.3 Å². The molecule has 1 saturated heterocycles. The number of hydrogen-bond acceptors (Lipinski definition) is 5. The van der Waals surface area contributed by atoms with Gasteiger partial charge in [-0.1, -0.05) is 0 Å². The first kappa shape index (κ1) is 16.2. The SMILES string of the molecule is NC(=O)CN1C[C@@H](F)C[C@H]1CNC(=O)COc1cccnc1. The highest BCUT2D eigenvalue weighted by Crippen LogP contribution is 2.19. The summed E-state index contributed by atoms with van der Waals surface area (Å²) in [4.78, 5) is 28.2. The maximum atomic E-state index is 13.4. The first-order chi connectivity index (χ1) is 10.5. The second kappa shape index (κ2) is 7.69. The zero-order valence-corrected chi connectivity index (χ0v) is 12.1. The van der Waals surface area contributed by atoms with Gasteiger partial charge < -0.3 is 15.8 Å². The smallest absolute Gasteiger partial charge is 0.257 e. The number of carbonyl (C=O) groups is 2. The molecule has 0 spiro atoms. The summed E-state index contributed by atoms with van der Waals surface area (Å²) in [6.45, 7) is 0.263. The zero-order valence-electron chi connectivity index (χ0n) is 12.1. The summed E-state index contributed by atoms with van der Waals surface area (Å²) in [6, 6.07) is 3.17. The van der Waals surface area contributed by atoms with Crippen molar-refractivity contribution in [3.63, 3.8) is 0 Å². The zero-order chi connectivity index (χ0) is 15.9. The van der Waals surface area contributed by atoms with Crippen LogP contribution in [0.5, 0.6) is 5.75 Å². The molecule has 120 valence electrons. The van der Waals surface area contributed by atoms with E-state index in [2.05, 4.69) is 10.3 Å². The summed E-state index contributed by atoms with van der Waals surface area (Å²) >= 11 is 0. The monoisotopic (exact) mass is 310 g/mol. The quantitative estimate of drug-likeness (QED) is 0.706. The van der Waals surface area contributed by atoms with E-state index >= 15 is 0 Å². The Kier molecular flexibility index (Phi) is 5.65. The Labute approximate surface area is 127 Å². The van der Waals surface area contributed by atoms with Gasteiger partial charge in [0.1, 0.15) is 11.9 Å². The minimum absolute atomic E-state index is 0.00680. The third kappa shape index (κ3) is 4.96. The number of rotatable bonds is 7. The Morgan fingerprint density at radius 3 is 3.05 bits per heavy atom. The summed E-state index contributed by atoms with van der Waals surface area (Å²) in [5.74, 6) is -0.326. The Morgan fingerprint density at radius 2 is 2.36 bits per heavy atom. The van der Waals surface area contributed by atoms with Gasteiger partial charge in [-0.3, -0.25) is 19.5 Å². The standard InChI is InChI=1S/C14H19FN4O3/c15-10-4-11(19(7-10)8-13(16)20)5-18-14(21)9-22-12-2-1-3-17-6-12/h1-3,6,10-11H,4-5,7-9H2,(H2,16,20)(H,18,21)/t10-,11-/m0/s1. The van der Waals surface area contributed by atoms with Crippen molar-refractivity contribution in [2.45, 2.75) is 18.6 Å². The lowest BCUT2D eigenvalue weighted by molar-refractivity contribution is -0.123. The number of nitrogens with zero attached hydrogens (tertiary/aromatic N) is 2. The van der Waals surface area contributed by atoms with Crippen LogP contribution in [0.25, 0.3) is 0 Å². The largest absolute Gasteiger partial charge is 0.482 e. The number of nitrogens with one attached hydrogen (secondary N) is 1. The topological polar surface area (TPSA) is 97.6 Å². The van der Waals surface area contributed by atoms with Crippen LogP contribution in [0.1, 0.15) is 6.42 Å². The number of likely N-dealkylation sites (tertiary alicyclic amines) is 1. The van der Waals surface area contributed by atoms with Crippen LogP contribution in [0, 0.1) is 0 Å². The molecule has 2 heterocycles. The normalized spacial score (nSPS) is 21.5. The minimum Gasteiger partial charge on any atom is -0.482 e. The van der Waals surface area contributed by atoms with Crippen LogP contribution in [0.3, 0.4) is 0 Å². The van der Waals surface area contributed by atoms with Gasteiger partial charge in [-0.15, -0.1) is 0 Å². The fourth-order valence-corrected chi connectivity index (χ4v) is 2.39. The highest BCUT2D eigenvalue weighted by molar-refractivity contribution is 5.77. The molecule has 1 aliphatic heterocycles. The summed E-state index contributed by atoms with van der Waals surface area (Å²) in [7, 11) is 0. The molecule has 0 radical (unpaired) electrons. The lowest BCUT2D eigenvalue weighted by Gasteiger charge is -2.22. The van der Waals surface area contributed by atoms with Crippen LogP contribution >= 0.6 is 0 Å². The first-order valence-corrected chi connectivity index (χ1v) is 7.00. The average Bonchev–Trinajstić information content (AvgIpc) is 2.83. The maximum absolute atomic E-state index is 13.4. The van der Waals surface area contributed by atoms with Gasteiger partial charge in [0.15, 0.2) is 6.61 Å². The van der Waals surface area contributed by atoms with Gasteiger partial charge in [0.05, 0.1) is 12.7 Å². The van der Waals surface area contributed by atoms with Crippen molar-refractivity contribution in [1.29, 1.82) is 0 Å². The van der Waals surface area contributed by atoms with Crippen molar-refractivity contribution >= 4 is 11.8 Å². The van der Waals surface area contributed by atoms with E-state index in [4.69, 9.17) is 10.5 Å². The summed E-state index contributed by atoms with van der Waals surface area (Å²) in [6.07, 6.45) is 2.38. The third-order valence-corrected chi connectivity index (χ3v) is 3.37. The number of ether oxygens (including phenoxy) is 1. The highest BCUT2D eigenvalue weighted by atomic mass is 19.1. The fraction of sp³-hybridized carbons (Fsp3) is 0.500. The molecule has 3 N–H and O–H groups in total. The number of amides is 2. The number of primary amides is 1. The molecule has 2 amide bonds. The van der Waals surface area contributed by atoms with Crippen LogP contribution in [0.4, 0.5) is 4.39 Å². The van der Waals surface area contributed by atoms with Gasteiger partial charge in [0.25, 0.3) is 5.91 Å². The van der Waals surface area contributed by atoms with Crippen LogP contribution < -0.4 is 15.8 Å². The highest BCUT2D eigenvalue weighted by Gasteiger charge is 2.32. The van der Waals surface area contributed by atoms with Crippen LogP contribution in [-0.4, -0.2) is 60.2 Å². The van der Waals surface area contributed by atoms with Crippen molar-refractivity contribution in [1.82, 2.24) is 15.2 Å². The number of aromatic nitrogens is 1. The molecule has 0 aromatic carbocycles. The van der Waals surface area contributed by atoms with Gasteiger partial charge in [-0.25, -0.2) is 4.39 Å². The van der Waals surface area contributed by atoms with Crippen molar-refractivity contribution in [3.8, 4) is 5.75 Å². The second-order valence-corrected chi connectivity index (χ2v) is 5.16. The van der Waals surface area contributed by atoms with Gasteiger partial charge in [-0.05, 0) is 18.6 Å². The summed E-state index contributed by atoms with van der Waals surface area (Å²) in [5.41, 5.74) is 5.13. The molecule has 8 heteroatoms. The Morgan fingerprint density at radius 1 is 1.55 bits per heavy atom. The van der Waals surface area contributed by atoms with E-state index in [1.165, 1.54) is 6.20 Å². The van der Waals surface area contributed by atoms with E-state index in [1.807, 2.05) is 0 Å². The molecule has 2 rings (SSSR count). The second-order valence-electron chi connectivity index (χ2n) is 5.16. The fourth-order valence-electron chi connectivity index (χ4n) is 2.39. The van der Waals surface area contributed by atoms with E-state index in [0.717, 1.165) is 0 Å². The summed E-state index contributed by atoms with van der Waals surface area (Å²) in [5, 5.41) is 2.67. The molecule has 22 heavy (non-hydrogen) atoms. The van der Waals surface area contributed by atoms with E-state index in [-0.39, 0.29) is 44.6 Å². The van der Waals surface area contributed by atoms with E-state index in [9.17, 15) is 14.0 Å². The van der Waals surface area contributed by atoms with Gasteiger partial charge in [0.2, 0.25) is 5.91 Å².